The number of nitrogens with zero attached hydrogens (tertiary/aromatic N) is 4. The van der Waals surface area contributed by atoms with E-state index in [1.54, 1.807) is 25.3 Å². The fourth-order valence-electron chi connectivity index (χ4n) is 4.21. The molecule has 1 fully saturated rings. The molecule has 7 nitrogen and oxygen atoms in total. The topological polar surface area (TPSA) is 71.0 Å². The summed E-state index contributed by atoms with van der Waals surface area (Å²) in [5.74, 6) is 1.16. The third kappa shape index (κ3) is 3.29. The monoisotopic (exact) mass is 450 g/mol. The van der Waals surface area contributed by atoms with Crippen molar-refractivity contribution >= 4 is 34.4 Å². The van der Waals surface area contributed by atoms with E-state index in [0.717, 1.165) is 23.2 Å². The van der Waals surface area contributed by atoms with Gasteiger partial charge in [-0.25, -0.2) is 14.3 Å². The number of halogens is 2. The summed E-state index contributed by atoms with van der Waals surface area (Å²) in [5.41, 5.74) is 0.268. The van der Waals surface area contributed by atoms with E-state index < -0.39 is 5.69 Å². The van der Waals surface area contributed by atoms with Crippen LogP contribution in [0, 0.1) is 5.92 Å². The van der Waals surface area contributed by atoms with Gasteiger partial charge < -0.3 is 9.30 Å². The molecular formula is C21H24Cl2N4O3. The summed E-state index contributed by atoms with van der Waals surface area (Å²) >= 11 is 12.5. The fraction of sp³-hybridized carbons (Fsp3) is 0.476. The lowest BCUT2D eigenvalue weighted by Gasteiger charge is -2.35. The Balaban J connectivity index is 2.10. The molecule has 1 saturated carbocycles. The van der Waals surface area contributed by atoms with Gasteiger partial charge in [-0.15, -0.1) is 0 Å². The first-order chi connectivity index (χ1) is 14.4. The predicted molar refractivity (Wildman–Crippen MR) is 118 cm³/mol. The highest BCUT2D eigenvalue weighted by Crippen LogP contribution is 2.38. The standard InChI is InChI=1S/C21H24Cl2N4O3/c1-4-17-24-19-18(26(17)16(11-30-3)12-6-5-7-12)20(28)25(2)21(29)27(19)15-9-8-13(22)10-14(15)23/h8-10,12,16H,4-7,11H2,1-3H3. The van der Waals surface area contributed by atoms with Crippen LogP contribution in [0.1, 0.15) is 38.1 Å². The number of ether oxygens (including phenoxy) is 1. The molecule has 4 rings (SSSR count). The quantitative estimate of drug-likeness (QED) is 0.573. The third-order valence-electron chi connectivity index (χ3n) is 5.99. The van der Waals surface area contributed by atoms with Crippen molar-refractivity contribution in [3.05, 3.63) is 54.9 Å². The van der Waals surface area contributed by atoms with Gasteiger partial charge >= 0.3 is 5.69 Å². The Kier molecular flexibility index (Phi) is 5.79. The molecule has 160 valence electrons. The SMILES string of the molecule is CCc1nc2c(c(=O)n(C)c(=O)n2-c2ccc(Cl)cc2Cl)n1C(COC)C1CCC1. The number of fused-ring (bicyclic) bond motifs is 1. The van der Waals surface area contributed by atoms with Gasteiger partial charge in [-0.2, -0.15) is 0 Å². The molecule has 0 N–H and O–H groups in total. The smallest absolute Gasteiger partial charge is 0.337 e. The summed E-state index contributed by atoms with van der Waals surface area (Å²) in [7, 11) is 3.14. The highest BCUT2D eigenvalue weighted by molar-refractivity contribution is 6.35. The summed E-state index contributed by atoms with van der Waals surface area (Å²) in [6.45, 7) is 2.47. The van der Waals surface area contributed by atoms with Crippen LogP contribution in [0.15, 0.2) is 27.8 Å². The molecule has 1 aliphatic carbocycles. The molecule has 2 aromatic heterocycles. The third-order valence-corrected chi connectivity index (χ3v) is 6.53. The summed E-state index contributed by atoms with van der Waals surface area (Å²) < 4.78 is 10.0. The van der Waals surface area contributed by atoms with Crippen LogP contribution < -0.4 is 11.2 Å². The van der Waals surface area contributed by atoms with Gasteiger partial charge in [0.05, 0.1) is 23.4 Å². The Morgan fingerprint density at radius 1 is 1.27 bits per heavy atom. The second-order valence-corrected chi connectivity index (χ2v) is 8.56. The first-order valence-corrected chi connectivity index (χ1v) is 10.8. The summed E-state index contributed by atoms with van der Waals surface area (Å²) in [6.07, 6.45) is 3.95. The van der Waals surface area contributed by atoms with Crippen molar-refractivity contribution in [1.82, 2.24) is 18.7 Å². The van der Waals surface area contributed by atoms with Crippen LogP contribution in [0.4, 0.5) is 0 Å². The highest BCUT2D eigenvalue weighted by atomic mass is 35.5. The lowest BCUT2D eigenvalue weighted by molar-refractivity contribution is 0.0939. The van der Waals surface area contributed by atoms with Gasteiger partial charge in [0.25, 0.3) is 5.56 Å². The van der Waals surface area contributed by atoms with Gasteiger partial charge in [-0.05, 0) is 37.0 Å². The van der Waals surface area contributed by atoms with Crippen LogP contribution in [-0.4, -0.2) is 32.4 Å². The first kappa shape index (κ1) is 21.2. The fourth-order valence-corrected chi connectivity index (χ4v) is 4.70. The normalized spacial score (nSPS) is 15.5. The van der Waals surface area contributed by atoms with Crippen LogP contribution in [0.25, 0.3) is 16.9 Å². The van der Waals surface area contributed by atoms with Crippen molar-refractivity contribution in [3.63, 3.8) is 0 Å². The van der Waals surface area contributed by atoms with Crippen molar-refractivity contribution in [2.24, 2.45) is 13.0 Å². The molecular weight excluding hydrogens is 427 g/mol. The van der Waals surface area contributed by atoms with E-state index in [0.29, 0.717) is 45.8 Å². The number of imidazole rings is 1. The zero-order chi connectivity index (χ0) is 21.6. The maximum atomic E-state index is 13.3. The number of benzene rings is 1. The van der Waals surface area contributed by atoms with Crippen molar-refractivity contribution in [2.75, 3.05) is 13.7 Å². The minimum absolute atomic E-state index is 0.0111. The van der Waals surface area contributed by atoms with Crippen LogP contribution in [0.3, 0.4) is 0 Å². The van der Waals surface area contributed by atoms with Gasteiger partial charge in [0.1, 0.15) is 5.82 Å². The number of hydrogen-bond donors (Lipinski definition) is 0. The molecule has 0 bridgehead atoms. The van der Waals surface area contributed by atoms with Crippen molar-refractivity contribution in [3.8, 4) is 5.69 Å². The molecule has 0 aliphatic heterocycles. The number of rotatable bonds is 6. The van der Waals surface area contributed by atoms with E-state index in [1.165, 1.54) is 18.0 Å². The zero-order valence-electron chi connectivity index (χ0n) is 17.2. The Hall–Kier alpha value is -2.09. The molecule has 0 saturated heterocycles. The van der Waals surface area contributed by atoms with E-state index in [9.17, 15) is 9.59 Å². The maximum absolute atomic E-state index is 13.3. The second-order valence-electron chi connectivity index (χ2n) is 7.72. The summed E-state index contributed by atoms with van der Waals surface area (Å²) in [4.78, 5) is 31.1. The molecule has 1 aromatic carbocycles. The Morgan fingerprint density at radius 3 is 2.57 bits per heavy atom. The van der Waals surface area contributed by atoms with Gasteiger partial charge in [0, 0.05) is 25.6 Å². The molecule has 9 heteroatoms. The molecule has 1 atom stereocenters. The zero-order valence-corrected chi connectivity index (χ0v) is 18.7. The molecule has 30 heavy (non-hydrogen) atoms. The van der Waals surface area contributed by atoms with Crippen LogP contribution in [0.2, 0.25) is 10.0 Å². The van der Waals surface area contributed by atoms with Gasteiger partial charge in [-0.1, -0.05) is 36.5 Å². The van der Waals surface area contributed by atoms with Crippen LogP contribution in [0.5, 0.6) is 0 Å². The largest absolute Gasteiger partial charge is 0.383 e. The molecule has 0 spiro atoms. The van der Waals surface area contributed by atoms with Crippen molar-refractivity contribution in [2.45, 2.75) is 38.6 Å². The van der Waals surface area contributed by atoms with E-state index in [1.807, 2.05) is 11.5 Å². The molecule has 0 amide bonds. The predicted octanol–water partition coefficient (Wildman–Crippen LogP) is 3.74. The van der Waals surface area contributed by atoms with E-state index >= 15 is 0 Å². The molecule has 1 unspecified atom stereocenters. The van der Waals surface area contributed by atoms with Gasteiger partial charge in [0.2, 0.25) is 0 Å². The van der Waals surface area contributed by atoms with Crippen LogP contribution in [-0.2, 0) is 18.2 Å². The average molecular weight is 451 g/mol. The number of hydrogen-bond acceptors (Lipinski definition) is 4. The minimum atomic E-state index is -0.504. The Labute approximate surface area is 183 Å². The maximum Gasteiger partial charge on any atom is 0.337 e. The molecule has 1 aliphatic rings. The van der Waals surface area contributed by atoms with Crippen LogP contribution >= 0.6 is 23.2 Å². The minimum Gasteiger partial charge on any atom is -0.383 e. The van der Waals surface area contributed by atoms with Crippen molar-refractivity contribution in [1.29, 1.82) is 0 Å². The number of aryl methyl sites for hydroxylation is 1. The van der Waals surface area contributed by atoms with Gasteiger partial charge in [0.15, 0.2) is 11.2 Å². The summed E-state index contributed by atoms with van der Waals surface area (Å²) in [5, 5.41) is 0.771. The lowest BCUT2D eigenvalue weighted by atomic mass is 9.79. The van der Waals surface area contributed by atoms with E-state index in [2.05, 4.69) is 0 Å². The van der Waals surface area contributed by atoms with E-state index in [-0.39, 0.29) is 11.6 Å². The Morgan fingerprint density at radius 2 is 2.00 bits per heavy atom. The number of aromatic nitrogens is 4. The second kappa shape index (κ2) is 8.21. The van der Waals surface area contributed by atoms with Gasteiger partial charge in [-0.3, -0.25) is 9.36 Å². The van der Waals surface area contributed by atoms with E-state index in [4.69, 9.17) is 32.9 Å². The Bertz CT molecular complexity index is 1220. The highest BCUT2D eigenvalue weighted by Gasteiger charge is 2.33. The summed E-state index contributed by atoms with van der Waals surface area (Å²) in [6, 6.07) is 4.88. The average Bonchev–Trinajstić information content (AvgIpc) is 3.05. The number of methoxy groups -OCH3 is 1. The first-order valence-electron chi connectivity index (χ1n) is 10.1. The molecule has 0 radical (unpaired) electrons. The van der Waals surface area contributed by atoms with Crippen molar-refractivity contribution < 1.29 is 4.74 Å². The molecule has 3 aromatic rings. The molecule has 2 heterocycles. The lowest BCUT2D eigenvalue weighted by Crippen LogP contribution is -2.39.